The van der Waals surface area contributed by atoms with Gasteiger partial charge in [0.25, 0.3) is 5.56 Å². The Morgan fingerprint density at radius 3 is 2.69 bits per heavy atom. The fourth-order valence-corrected chi connectivity index (χ4v) is 2.92. The van der Waals surface area contributed by atoms with E-state index in [-0.39, 0.29) is 23.7 Å². The number of aromatic nitrogens is 1. The van der Waals surface area contributed by atoms with Crippen molar-refractivity contribution in [1.82, 2.24) is 10.3 Å². The van der Waals surface area contributed by atoms with Crippen LogP contribution in [-0.4, -0.2) is 17.4 Å². The number of aromatic amines is 1. The van der Waals surface area contributed by atoms with E-state index in [1.165, 1.54) is 6.07 Å². The standard InChI is InChI=1S/C21H21FN2O2/c1-14-6-7-16-13-17(21(26)24-19(16)12-14)8-9-20(25)23-11-10-15-4-2-3-5-18(15)22/h2-7,12-13H,8-11H2,1H3,(H,23,25)(H,24,26). The number of carbonyl (C=O) groups is 1. The summed E-state index contributed by atoms with van der Waals surface area (Å²) < 4.78 is 13.5. The Balaban J connectivity index is 1.55. The molecule has 0 aliphatic rings. The topological polar surface area (TPSA) is 62.0 Å². The lowest BCUT2D eigenvalue weighted by Crippen LogP contribution is -2.26. The largest absolute Gasteiger partial charge is 0.356 e. The number of H-pyrrole nitrogens is 1. The predicted octanol–water partition coefficient (Wildman–Crippen LogP) is 3.27. The fourth-order valence-electron chi connectivity index (χ4n) is 2.92. The van der Waals surface area contributed by atoms with E-state index < -0.39 is 0 Å². The van der Waals surface area contributed by atoms with Gasteiger partial charge in [-0.25, -0.2) is 4.39 Å². The van der Waals surface area contributed by atoms with Gasteiger partial charge in [0.05, 0.1) is 0 Å². The van der Waals surface area contributed by atoms with Crippen LogP contribution in [-0.2, 0) is 17.6 Å². The third-order valence-electron chi connectivity index (χ3n) is 4.37. The van der Waals surface area contributed by atoms with E-state index in [9.17, 15) is 14.0 Å². The van der Waals surface area contributed by atoms with Crippen LogP contribution >= 0.6 is 0 Å². The van der Waals surface area contributed by atoms with Crippen LogP contribution in [0.4, 0.5) is 4.39 Å². The third-order valence-corrected chi connectivity index (χ3v) is 4.37. The molecule has 4 nitrogen and oxygen atoms in total. The maximum absolute atomic E-state index is 13.5. The predicted molar refractivity (Wildman–Crippen MR) is 101 cm³/mol. The first-order valence-electron chi connectivity index (χ1n) is 8.65. The molecule has 134 valence electrons. The number of hydrogen-bond acceptors (Lipinski definition) is 2. The summed E-state index contributed by atoms with van der Waals surface area (Å²) >= 11 is 0. The van der Waals surface area contributed by atoms with Crippen LogP contribution in [0.15, 0.2) is 53.3 Å². The van der Waals surface area contributed by atoms with Crippen molar-refractivity contribution in [1.29, 1.82) is 0 Å². The molecule has 0 saturated heterocycles. The molecule has 1 heterocycles. The summed E-state index contributed by atoms with van der Waals surface area (Å²) in [5.41, 5.74) is 2.88. The van der Waals surface area contributed by atoms with Crippen molar-refractivity contribution in [2.24, 2.45) is 0 Å². The minimum atomic E-state index is -0.264. The smallest absolute Gasteiger partial charge is 0.251 e. The van der Waals surface area contributed by atoms with Crippen LogP contribution in [0.25, 0.3) is 10.9 Å². The van der Waals surface area contributed by atoms with Crippen molar-refractivity contribution in [2.45, 2.75) is 26.2 Å². The maximum Gasteiger partial charge on any atom is 0.251 e. The Bertz CT molecular complexity index is 995. The Hall–Kier alpha value is -2.95. The molecule has 0 radical (unpaired) electrons. The van der Waals surface area contributed by atoms with Crippen LogP contribution < -0.4 is 10.9 Å². The molecule has 2 aromatic carbocycles. The molecule has 3 rings (SSSR count). The molecule has 1 amide bonds. The minimum absolute atomic E-state index is 0.148. The molecule has 26 heavy (non-hydrogen) atoms. The van der Waals surface area contributed by atoms with E-state index in [2.05, 4.69) is 10.3 Å². The van der Waals surface area contributed by atoms with Gasteiger partial charge >= 0.3 is 0 Å². The lowest BCUT2D eigenvalue weighted by Gasteiger charge is -2.07. The number of aryl methyl sites for hydroxylation is 2. The summed E-state index contributed by atoms with van der Waals surface area (Å²) in [4.78, 5) is 27.0. The Morgan fingerprint density at radius 2 is 1.88 bits per heavy atom. The Morgan fingerprint density at radius 1 is 1.08 bits per heavy atom. The lowest BCUT2D eigenvalue weighted by atomic mass is 10.1. The number of nitrogens with one attached hydrogen (secondary N) is 2. The van der Waals surface area contributed by atoms with Gasteiger partial charge in [-0.05, 0) is 54.5 Å². The van der Waals surface area contributed by atoms with E-state index in [0.717, 1.165) is 16.5 Å². The van der Waals surface area contributed by atoms with Gasteiger partial charge in [-0.1, -0.05) is 30.3 Å². The summed E-state index contributed by atoms with van der Waals surface area (Å²) in [5, 5.41) is 3.72. The molecule has 0 aliphatic carbocycles. The van der Waals surface area contributed by atoms with Crippen LogP contribution in [0.2, 0.25) is 0 Å². The van der Waals surface area contributed by atoms with Crippen LogP contribution in [0.5, 0.6) is 0 Å². The fraction of sp³-hybridized carbons (Fsp3) is 0.238. The molecule has 0 atom stereocenters. The van der Waals surface area contributed by atoms with E-state index in [0.29, 0.717) is 30.5 Å². The highest BCUT2D eigenvalue weighted by atomic mass is 19.1. The van der Waals surface area contributed by atoms with Crippen molar-refractivity contribution in [3.8, 4) is 0 Å². The van der Waals surface area contributed by atoms with Gasteiger partial charge in [-0.2, -0.15) is 0 Å². The number of hydrogen-bond donors (Lipinski definition) is 2. The molecule has 0 saturated carbocycles. The lowest BCUT2D eigenvalue weighted by molar-refractivity contribution is -0.121. The Labute approximate surface area is 151 Å². The minimum Gasteiger partial charge on any atom is -0.356 e. The van der Waals surface area contributed by atoms with Gasteiger partial charge in [-0.15, -0.1) is 0 Å². The molecule has 0 unspecified atom stereocenters. The molecule has 3 aromatic rings. The zero-order valence-corrected chi connectivity index (χ0v) is 14.6. The molecule has 1 aromatic heterocycles. The number of amides is 1. The summed E-state index contributed by atoms with van der Waals surface area (Å²) in [6.07, 6.45) is 1.02. The molecule has 0 bridgehead atoms. The Kier molecular flexibility index (Phi) is 5.46. The van der Waals surface area contributed by atoms with E-state index in [1.807, 2.05) is 31.2 Å². The van der Waals surface area contributed by atoms with E-state index in [1.54, 1.807) is 18.2 Å². The van der Waals surface area contributed by atoms with Crippen LogP contribution in [0.3, 0.4) is 0 Å². The van der Waals surface area contributed by atoms with Crippen LogP contribution in [0, 0.1) is 12.7 Å². The number of benzene rings is 2. The maximum atomic E-state index is 13.5. The highest BCUT2D eigenvalue weighted by Crippen LogP contribution is 2.13. The second-order valence-electron chi connectivity index (χ2n) is 6.41. The van der Waals surface area contributed by atoms with E-state index in [4.69, 9.17) is 0 Å². The SMILES string of the molecule is Cc1ccc2cc(CCC(=O)NCCc3ccccc3F)c(=O)[nH]c2c1. The first-order valence-corrected chi connectivity index (χ1v) is 8.65. The second kappa shape index (κ2) is 7.95. The van der Waals surface area contributed by atoms with Gasteiger partial charge in [0, 0.05) is 24.0 Å². The number of rotatable bonds is 6. The van der Waals surface area contributed by atoms with Crippen LogP contribution in [0.1, 0.15) is 23.1 Å². The molecule has 5 heteroatoms. The van der Waals surface area contributed by atoms with Gasteiger partial charge in [-0.3, -0.25) is 9.59 Å². The number of pyridine rings is 1. The zero-order valence-electron chi connectivity index (χ0n) is 14.6. The first kappa shape index (κ1) is 17.9. The van der Waals surface area contributed by atoms with Crippen molar-refractivity contribution in [3.05, 3.63) is 81.4 Å². The monoisotopic (exact) mass is 352 g/mol. The summed E-state index contributed by atoms with van der Waals surface area (Å²) in [6, 6.07) is 14.2. The average molecular weight is 352 g/mol. The normalized spacial score (nSPS) is 10.8. The quantitative estimate of drug-likeness (QED) is 0.715. The molecule has 0 fully saturated rings. The van der Waals surface area contributed by atoms with Gasteiger partial charge in [0.15, 0.2) is 0 Å². The second-order valence-corrected chi connectivity index (χ2v) is 6.41. The summed E-state index contributed by atoms with van der Waals surface area (Å²) in [6.45, 7) is 2.34. The highest BCUT2D eigenvalue weighted by Gasteiger charge is 2.08. The highest BCUT2D eigenvalue weighted by molar-refractivity contribution is 5.80. The van der Waals surface area contributed by atoms with E-state index >= 15 is 0 Å². The average Bonchev–Trinajstić information content (AvgIpc) is 2.61. The van der Waals surface area contributed by atoms with Gasteiger partial charge < -0.3 is 10.3 Å². The zero-order chi connectivity index (χ0) is 18.5. The van der Waals surface area contributed by atoms with Crippen molar-refractivity contribution < 1.29 is 9.18 Å². The van der Waals surface area contributed by atoms with Gasteiger partial charge in [0.2, 0.25) is 5.91 Å². The number of fused-ring (bicyclic) bond motifs is 1. The van der Waals surface area contributed by atoms with Crippen molar-refractivity contribution >= 4 is 16.8 Å². The summed E-state index contributed by atoms with van der Waals surface area (Å²) in [7, 11) is 0. The number of halogens is 1. The first-order chi connectivity index (χ1) is 12.5. The van der Waals surface area contributed by atoms with Crippen molar-refractivity contribution in [2.75, 3.05) is 6.54 Å². The third kappa shape index (κ3) is 4.36. The molecular weight excluding hydrogens is 331 g/mol. The number of carbonyl (C=O) groups excluding carboxylic acids is 1. The molecular formula is C21H21FN2O2. The van der Waals surface area contributed by atoms with Crippen molar-refractivity contribution in [3.63, 3.8) is 0 Å². The molecule has 2 N–H and O–H groups in total. The van der Waals surface area contributed by atoms with Gasteiger partial charge in [0.1, 0.15) is 5.82 Å². The molecule has 0 aliphatic heterocycles. The summed E-state index contributed by atoms with van der Waals surface area (Å²) in [5.74, 6) is -0.413. The molecule has 0 spiro atoms.